The zero-order valence-corrected chi connectivity index (χ0v) is 19.6. The summed E-state index contributed by atoms with van der Waals surface area (Å²) in [6.07, 6.45) is -0.487. The first kappa shape index (κ1) is 23.6. The van der Waals surface area contributed by atoms with Gasteiger partial charge in [0, 0.05) is 19.2 Å². The van der Waals surface area contributed by atoms with E-state index in [9.17, 15) is 19.2 Å². The van der Waals surface area contributed by atoms with Crippen molar-refractivity contribution in [1.29, 1.82) is 0 Å². The van der Waals surface area contributed by atoms with Crippen molar-refractivity contribution in [3.05, 3.63) is 83.1 Å². The third-order valence-corrected chi connectivity index (χ3v) is 7.01. The highest BCUT2D eigenvalue weighted by Crippen LogP contribution is 2.41. The van der Waals surface area contributed by atoms with Crippen LogP contribution in [0.1, 0.15) is 30.6 Å². The molecular weight excluding hydrogens is 454 g/mol. The van der Waals surface area contributed by atoms with E-state index in [-0.39, 0.29) is 29.4 Å². The monoisotopic (exact) mass is 479 g/mol. The van der Waals surface area contributed by atoms with E-state index in [1.165, 1.54) is 23.7 Å². The van der Waals surface area contributed by atoms with Crippen LogP contribution in [0, 0.1) is 0 Å². The summed E-state index contributed by atoms with van der Waals surface area (Å²) in [5.41, 5.74) is 1.61. The minimum Gasteiger partial charge on any atom is -0.448 e. The van der Waals surface area contributed by atoms with Gasteiger partial charge in [0.15, 0.2) is 6.10 Å². The molecule has 2 atom stereocenters. The zero-order chi connectivity index (χ0) is 24.2. The van der Waals surface area contributed by atoms with Crippen LogP contribution in [-0.4, -0.2) is 52.8 Å². The smallest absolute Gasteiger partial charge is 0.356 e. The molecule has 0 radical (unpaired) electrons. The predicted molar refractivity (Wildman–Crippen MR) is 127 cm³/mol. The zero-order valence-electron chi connectivity index (χ0n) is 18.8. The number of nitrogens with one attached hydrogen (secondary N) is 2. The number of thioether (sulfide) groups is 1. The van der Waals surface area contributed by atoms with Crippen molar-refractivity contribution >= 4 is 35.5 Å². The van der Waals surface area contributed by atoms with Crippen molar-refractivity contribution in [2.75, 3.05) is 12.8 Å². The van der Waals surface area contributed by atoms with Gasteiger partial charge in [0.25, 0.3) is 5.91 Å². The van der Waals surface area contributed by atoms with E-state index in [4.69, 9.17) is 4.74 Å². The summed E-state index contributed by atoms with van der Waals surface area (Å²) in [5.74, 6) is -1.71. The minimum atomic E-state index is -0.768. The molecule has 4 rings (SSSR count). The summed E-state index contributed by atoms with van der Waals surface area (Å²) in [6, 6.07) is 17.8. The van der Waals surface area contributed by atoms with E-state index in [0.717, 1.165) is 11.1 Å². The van der Waals surface area contributed by atoms with Crippen LogP contribution in [0.15, 0.2) is 71.9 Å². The number of rotatable bonds is 7. The summed E-state index contributed by atoms with van der Waals surface area (Å²) in [6.45, 7) is 1.70. The first-order valence-corrected chi connectivity index (χ1v) is 12.0. The Morgan fingerprint density at radius 2 is 1.65 bits per heavy atom. The normalized spacial score (nSPS) is 19.3. The molecule has 3 amide bonds. The Balaban J connectivity index is 1.68. The number of amides is 3. The van der Waals surface area contributed by atoms with E-state index in [2.05, 4.69) is 10.6 Å². The third-order valence-electron chi connectivity index (χ3n) is 5.73. The standard InChI is InChI=1S/C25H25N3O5S/c1-3-18(29)27-19-23(31)28-20(17(22(30)26-2)14-34-24(19)28)25(32)33-21(15-10-6-4-7-11-15)16-12-8-5-9-13-16/h4-13,19,21,24H,3,14H2,1-2H3,(H,26,30)(H,27,29)/t19?,24-/m0/s1. The lowest BCUT2D eigenvalue weighted by Crippen LogP contribution is -2.70. The number of β-lactam (4-membered cyclic amide) rings is 1. The Labute approximate surface area is 201 Å². The molecule has 0 aliphatic carbocycles. The second-order valence-corrected chi connectivity index (χ2v) is 8.93. The Hall–Kier alpha value is -3.59. The van der Waals surface area contributed by atoms with Crippen molar-refractivity contribution < 1.29 is 23.9 Å². The number of ether oxygens (including phenoxy) is 1. The van der Waals surface area contributed by atoms with Gasteiger partial charge in [0.2, 0.25) is 11.8 Å². The molecule has 1 unspecified atom stereocenters. The maximum Gasteiger partial charge on any atom is 0.356 e. The van der Waals surface area contributed by atoms with E-state index >= 15 is 0 Å². The van der Waals surface area contributed by atoms with Crippen LogP contribution in [0.2, 0.25) is 0 Å². The molecule has 8 nitrogen and oxygen atoms in total. The first-order chi connectivity index (χ1) is 16.5. The Bertz CT molecular complexity index is 1100. The number of likely N-dealkylation sites (N-methyl/N-ethyl adjacent to an activating group) is 1. The SMILES string of the molecule is CCC(=O)NC1C(=O)N2C(C(=O)OC(c3ccccc3)c3ccccc3)=C(C(=O)NC)CS[C@@H]12. The van der Waals surface area contributed by atoms with Gasteiger partial charge in [-0.3, -0.25) is 19.3 Å². The van der Waals surface area contributed by atoms with Crippen LogP contribution in [0.25, 0.3) is 0 Å². The van der Waals surface area contributed by atoms with Gasteiger partial charge >= 0.3 is 5.97 Å². The van der Waals surface area contributed by atoms with Crippen molar-refractivity contribution in [3.63, 3.8) is 0 Å². The number of nitrogens with zero attached hydrogens (tertiary/aromatic N) is 1. The van der Waals surface area contributed by atoms with Crippen molar-refractivity contribution in [2.45, 2.75) is 30.9 Å². The molecular formula is C25H25N3O5S. The number of esters is 1. The van der Waals surface area contributed by atoms with Crippen molar-refractivity contribution in [2.24, 2.45) is 0 Å². The second-order valence-electron chi connectivity index (χ2n) is 7.82. The number of hydrogen-bond donors (Lipinski definition) is 2. The van der Waals surface area contributed by atoms with Crippen LogP contribution < -0.4 is 10.6 Å². The molecule has 2 aromatic carbocycles. The van der Waals surface area contributed by atoms with Crippen molar-refractivity contribution in [3.8, 4) is 0 Å². The Morgan fingerprint density at radius 1 is 1.06 bits per heavy atom. The van der Waals surface area contributed by atoms with Crippen LogP contribution >= 0.6 is 11.8 Å². The molecule has 2 heterocycles. The van der Waals surface area contributed by atoms with Crippen LogP contribution in [-0.2, 0) is 23.9 Å². The molecule has 1 fully saturated rings. The number of hydrogen-bond acceptors (Lipinski definition) is 6. The molecule has 0 spiro atoms. The lowest BCUT2D eigenvalue weighted by Gasteiger charge is -2.49. The van der Waals surface area contributed by atoms with Crippen LogP contribution in [0.4, 0.5) is 0 Å². The Morgan fingerprint density at radius 3 is 2.18 bits per heavy atom. The van der Waals surface area contributed by atoms with E-state index in [0.29, 0.717) is 0 Å². The fraction of sp³-hybridized carbons (Fsp3) is 0.280. The topological polar surface area (TPSA) is 105 Å². The fourth-order valence-corrected chi connectivity index (χ4v) is 5.30. The van der Waals surface area contributed by atoms with Gasteiger partial charge in [-0.25, -0.2) is 4.79 Å². The highest BCUT2D eigenvalue weighted by Gasteiger charge is 2.55. The largest absolute Gasteiger partial charge is 0.448 e. The van der Waals surface area contributed by atoms with Crippen LogP contribution in [0.3, 0.4) is 0 Å². The number of carbonyl (C=O) groups excluding carboxylic acids is 4. The number of carbonyl (C=O) groups is 4. The summed E-state index contributed by atoms with van der Waals surface area (Å²) < 4.78 is 5.96. The quantitative estimate of drug-likeness (QED) is 0.466. The Kier molecular flexibility index (Phi) is 7.02. The second kappa shape index (κ2) is 10.1. The lowest BCUT2D eigenvalue weighted by molar-refractivity contribution is -0.155. The number of fused-ring (bicyclic) bond motifs is 1. The summed E-state index contributed by atoms with van der Waals surface area (Å²) in [5, 5.41) is 4.76. The fourth-order valence-electron chi connectivity index (χ4n) is 3.96. The molecule has 0 aromatic heterocycles. The molecule has 2 aliphatic heterocycles. The maximum atomic E-state index is 13.6. The molecule has 2 N–H and O–H groups in total. The third kappa shape index (κ3) is 4.43. The lowest BCUT2D eigenvalue weighted by atomic mass is 10.0. The minimum absolute atomic E-state index is 0.0769. The average Bonchev–Trinajstić information content (AvgIpc) is 2.89. The van der Waals surface area contributed by atoms with Gasteiger partial charge in [0.1, 0.15) is 17.1 Å². The molecule has 1 saturated heterocycles. The summed E-state index contributed by atoms with van der Waals surface area (Å²) >= 11 is 1.33. The highest BCUT2D eigenvalue weighted by atomic mass is 32.2. The number of benzene rings is 2. The maximum absolute atomic E-state index is 13.6. The molecule has 9 heteroatoms. The van der Waals surface area contributed by atoms with Gasteiger partial charge in [-0.1, -0.05) is 67.6 Å². The molecule has 34 heavy (non-hydrogen) atoms. The summed E-state index contributed by atoms with van der Waals surface area (Å²) in [4.78, 5) is 52.3. The van der Waals surface area contributed by atoms with Crippen molar-refractivity contribution in [1.82, 2.24) is 15.5 Å². The summed E-state index contributed by atoms with van der Waals surface area (Å²) in [7, 11) is 1.47. The first-order valence-electron chi connectivity index (χ1n) is 11.0. The molecule has 0 saturated carbocycles. The van der Waals surface area contributed by atoms with E-state index in [1.807, 2.05) is 60.7 Å². The van der Waals surface area contributed by atoms with Gasteiger partial charge < -0.3 is 15.4 Å². The van der Waals surface area contributed by atoms with Gasteiger partial charge in [-0.05, 0) is 11.1 Å². The van der Waals surface area contributed by atoms with E-state index < -0.39 is 35.3 Å². The molecule has 0 bridgehead atoms. The molecule has 2 aliphatic rings. The average molecular weight is 480 g/mol. The highest BCUT2D eigenvalue weighted by molar-refractivity contribution is 8.00. The van der Waals surface area contributed by atoms with E-state index in [1.54, 1.807) is 6.92 Å². The predicted octanol–water partition coefficient (Wildman–Crippen LogP) is 2.13. The molecule has 176 valence electrons. The van der Waals surface area contributed by atoms with Crippen LogP contribution in [0.5, 0.6) is 0 Å². The van der Waals surface area contributed by atoms with Gasteiger partial charge in [-0.15, -0.1) is 11.8 Å². The molecule has 2 aromatic rings. The van der Waals surface area contributed by atoms with Gasteiger partial charge in [-0.2, -0.15) is 0 Å². The van der Waals surface area contributed by atoms with Gasteiger partial charge in [0.05, 0.1) is 5.57 Å².